The summed E-state index contributed by atoms with van der Waals surface area (Å²) in [5.74, 6) is 1.16. The Bertz CT molecular complexity index is 210. The van der Waals surface area contributed by atoms with Crippen LogP contribution in [0.2, 0.25) is 0 Å². The highest BCUT2D eigenvalue weighted by atomic mass is 16.5. The molecule has 0 aromatic heterocycles. The Hall–Kier alpha value is -0.570. The van der Waals surface area contributed by atoms with Crippen molar-refractivity contribution in [3.05, 3.63) is 0 Å². The normalized spacial score (nSPS) is 19.0. The Morgan fingerprint density at radius 2 is 2.00 bits per heavy atom. The van der Waals surface area contributed by atoms with Gasteiger partial charge in [0.05, 0.1) is 7.11 Å². The van der Waals surface area contributed by atoms with E-state index < -0.39 is 0 Å². The zero-order valence-corrected chi connectivity index (χ0v) is 10.8. The third kappa shape index (κ3) is 4.52. The summed E-state index contributed by atoms with van der Waals surface area (Å²) in [6, 6.07) is -0.120. The summed E-state index contributed by atoms with van der Waals surface area (Å²) < 4.78 is 4.83. The molecule has 0 aromatic rings. The highest BCUT2D eigenvalue weighted by Gasteiger charge is 2.22. The van der Waals surface area contributed by atoms with E-state index in [1.165, 1.54) is 32.8 Å². The van der Waals surface area contributed by atoms with Gasteiger partial charge in [-0.25, -0.2) is 0 Å². The van der Waals surface area contributed by atoms with E-state index in [4.69, 9.17) is 4.74 Å². The van der Waals surface area contributed by atoms with Crippen LogP contribution in [0.4, 0.5) is 0 Å². The number of carbonyl (C=O) groups is 1. The van der Waals surface area contributed by atoms with Gasteiger partial charge in [0, 0.05) is 0 Å². The first kappa shape index (κ1) is 13.5. The molecule has 1 rings (SSSR count). The minimum Gasteiger partial charge on any atom is -0.468 e. The van der Waals surface area contributed by atoms with Crippen molar-refractivity contribution in [1.29, 1.82) is 0 Å². The van der Waals surface area contributed by atoms with E-state index in [-0.39, 0.29) is 12.0 Å². The van der Waals surface area contributed by atoms with Crippen LogP contribution in [-0.2, 0) is 9.53 Å². The Kier molecular flexibility index (Phi) is 5.81. The number of nitrogens with one attached hydrogen (secondary N) is 1. The van der Waals surface area contributed by atoms with Crippen LogP contribution in [0.1, 0.15) is 46.0 Å². The van der Waals surface area contributed by atoms with E-state index in [9.17, 15) is 4.79 Å². The molecular formula is C13H25NO2. The first-order valence-corrected chi connectivity index (χ1v) is 6.44. The molecular weight excluding hydrogens is 202 g/mol. The summed E-state index contributed by atoms with van der Waals surface area (Å²) in [5, 5.41) is 3.37. The second-order valence-electron chi connectivity index (χ2n) is 5.26. The van der Waals surface area contributed by atoms with Crippen LogP contribution in [0.15, 0.2) is 0 Å². The molecule has 1 aliphatic rings. The molecule has 3 heteroatoms. The molecule has 1 N–H and O–H groups in total. The van der Waals surface area contributed by atoms with Crippen molar-refractivity contribution in [3.63, 3.8) is 0 Å². The molecule has 0 radical (unpaired) electrons. The maximum absolute atomic E-state index is 11.6. The average molecular weight is 227 g/mol. The minimum absolute atomic E-state index is 0.119. The van der Waals surface area contributed by atoms with Gasteiger partial charge in [-0.2, -0.15) is 0 Å². The van der Waals surface area contributed by atoms with Crippen LogP contribution in [0, 0.1) is 11.8 Å². The predicted molar refractivity (Wildman–Crippen MR) is 65.2 cm³/mol. The molecule has 0 saturated heterocycles. The van der Waals surface area contributed by atoms with Gasteiger partial charge < -0.3 is 10.1 Å². The summed E-state index contributed by atoms with van der Waals surface area (Å²) >= 11 is 0. The molecule has 1 aliphatic carbocycles. The van der Waals surface area contributed by atoms with Crippen LogP contribution < -0.4 is 5.32 Å². The SMILES string of the molecule is COC(=O)C(CC(C)C)NCC1CCCC1. The molecule has 1 unspecified atom stereocenters. The van der Waals surface area contributed by atoms with Gasteiger partial charge in [0.25, 0.3) is 0 Å². The van der Waals surface area contributed by atoms with E-state index in [2.05, 4.69) is 19.2 Å². The Morgan fingerprint density at radius 3 is 2.50 bits per heavy atom. The van der Waals surface area contributed by atoms with E-state index in [1.54, 1.807) is 0 Å². The third-order valence-corrected chi connectivity index (χ3v) is 3.32. The summed E-state index contributed by atoms with van der Waals surface area (Å²) in [6.07, 6.45) is 6.17. The largest absolute Gasteiger partial charge is 0.468 e. The van der Waals surface area contributed by atoms with Crippen LogP contribution in [0.5, 0.6) is 0 Å². The maximum Gasteiger partial charge on any atom is 0.322 e. The number of ether oxygens (including phenoxy) is 1. The highest BCUT2D eigenvalue weighted by molar-refractivity contribution is 5.75. The predicted octanol–water partition coefficient (Wildman–Crippen LogP) is 2.35. The monoisotopic (exact) mass is 227 g/mol. The summed E-state index contributed by atoms with van der Waals surface area (Å²) in [4.78, 5) is 11.6. The Labute approximate surface area is 98.9 Å². The van der Waals surface area contributed by atoms with Crippen molar-refractivity contribution in [2.45, 2.75) is 52.0 Å². The highest BCUT2D eigenvalue weighted by Crippen LogP contribution is 2.24. The first-order valence-electron chi connectivity index (χ1n) is 6.44. The summed E-state index contributed by atoms with van der Waals surface area (Å²) in [5.41, 5.74) is 0. The van der Waals surface area contributed by atoms with E-state index in [0.717, 1.165) is 18.9 Å². The lowest BCUT2D eigenvalue weighted by molar-refractivity contribution is -0.143. The van der Waals surface area contributed by atoms with Gasteiger partial charge in [0.15, 0.2) is 0 Å². The number of hydrogen-bond donors (Lipinski definition) is 1. The fourth-order valence-electron chi connectivity index (χ4n) is 2.40. The molecule has 1 saturated carbocycles. The quantitative estimate of drug-likeness (QED) is 0.708. The van der Waals surface area contributed by atoms with Crippen molar-refractivity contribution in [2.24, 2.45) is 11.8 Å². The van der Waals surface area contributed by atoms with Crippen molar-refractivity contribution >= 4 is 5.97 Å². The smallest absolute Gasteiger partial charge is 0.322 e. The van der Waals surface area contributed by atoms with E-state index in [1.807, 2.05) is 0 Å². The molecule has 1 atom stereocenters. The van der Waals surface area contributed by atoms with Gasteiger partial charge >= 0.3 is 5.97 Å². The fourth-order valence-corrected chi connectivity index (χ4v) is 2.40. The maximum atomic E-state index is 11.6. The molecule has 16 heavy (non-hydrogen) atoms. The lowest BCUT2D eigenvalue weighted by Crippen LogP contribution is -2.40. The standard InChI is InChI=1S/C13H25NO2/c1-10(2)8-12(13(15)16-3)14-9-11-6-4-5-7-11/h10-12,14H,4-9H2,1-3H3. The van der Waals surface area contributed by atoms with Gasteiger partial charge in [0.2, 0.25) is 0 Å². The number of esters is 1. The summed E-state index contributed by atoms with van der Waals surface area (Å²) in [6.45, 7) is 5.23. The molecule has 0 aromatic carbocycles. The Balaban J connectivity index is 2.33. The molecule has 3 nitrogen and oxygen atoms in total. The molecule has 0 aliphatic heterocycles. The number of methoxy groups -OCH3 is 1. The Morgan fingerprint density at radius 1 is 1.38 bits per heavy atom. The topological polar surface area (TPSA) is 38.3 Å². The summed E-state index contributed by atoms with van der Waals surface area (Å²) in [7, 11) is 1.47. The van der Waals surface area contributed by atoms with Gasteiger partial charge in [-0.15, -0.1) is 0 Å². The van der Waals surface area contributed by atoms with Crippen molar-refractivity contribution < 1.29 is 9.53 Å². The lowest BCUT2D eigenvalue weighted by atomic mass is 10.0. The minimum atomic E-state index is -0.120. The van der Waals surface area contributed by atoms with Crippen LogP contribution in [0.25, 0.3) is 0 Å². The molecule has 1 fully saturated rings. The van der Waals surface area contributed by atoms with Crippen molar-refractivity contribution in [1.82, 2.24) is 5.32 Å². The van der Waals surface area contributed by atoms with Gasteiger partial charge in [-0.05, 0) is 37.6 Å². The van der Waals surface area contributed by atoms with Gasteiger partial charge in [-0.3, -0.25) is 4.79 Å². The zero-order chi connectivity index (χ0) is 12.0. The lowest BCUT2D eigenvalue weighted by Gasteiger charge is -2.20. The van der Waals surface area contributed by atoms with Crippen LogP contribution >= 0.6 is 0 Å². The van der Waals surface area contributed by atoms with Crippen molar-refractivity contribution in [2.75, 3.05) is 13.7 Å². The van der Waals surface area contributed by atoms with Crippen LogP contribution in [0.3, 0.4) is 0 Å². The second kappa shape index (κ2) is 6.89. The second-order valence-corrected chi connectivity index (χ2v) is 5.26. The molecule has 0 amide bonds. The van der Waals surface area contributed by atoms with E-state index >= 15 is 0 Å². The molecule has 0 bridgehead atoms. The number of rotatable bonds is 6. The number of hydrogen-bond acceptors (Lipinski definition) is 3. The average Bonchev–Trinajstić information content (AvgIpc) is 2.75. The fraction of sp³-hybridized carbons (Fsp3) is 0.923. The molecule has 94 valence electrons. The molecule has 0 spiro atoms. The van der Waals surface area contributed by atoms with Gasteiger partial charge in [0.1, 0.15) is 6.04 Å². The number of carbonyl (C=O) groups excluding carboxylic acids is 1. The van der Waals surface area contributed by atoms with E-state index in [0.29, 0.717) is 5.92 Å². The molecule has 0 heterocycles. The van der Waals surface area contributed by atoms with Crippen LogP contribution in [-0.4, -0.2) is 25.7 Å². The van der Waals surface area contributed by atoms with Crippen molar-refractivity contribution in [3.8, 4) is 0 Å². The first-order chi connectivity index (χ1) is 7.63. The zero-order valence-electron chi connectivity index (χ0n) is 10.8. The third-order valence-electron chi connectivity index (χ3n) is 3.32. The van der Waals surface area contributed by atoms with Gasteiger partial charge in [-0.1, -0.05) is 26.7 Å².